The van der Waals surface area contributed by atoms with Crippen LogP contribution in [0.15, 0.2) is 69.2 Å². The SMILES string of the molecule is COCCCn1c(=O)c2ccccc2n2c(SCc3coc(-c4cccc(Cl)c4)n3)nnc12. The molecule has 3 aromatic heterocycles. The Balaban J connectivity index is 1.47. The second-order valence-corrected chi connectivity index (χ2v) is 8.76. The van der Waals surface area contributed by atoms with Crippen molar-refractivity contribution in [2.75, 3.05) is 13.7 Å². The predicted octanol–water partition coefficient (Wildman–Crippen LogP) is 4.68. The van der Waals surface area contributed by atoms with Crippen molar-refractivity contribution in [3.63, 3.8) is 0 Å². The van der Waals surface area contributed by atoms with E-state index in [1.165, 1.54) is 11.8 Å². The molecule has 0 bridgehead atoms. The van der Waals surface area contributed by atoms with E-state index in [1.54, 1.807) is 24.0 Å². The summed E-state index contributed by atoms with van der Waals surface area (Å²) in [6.07, 6.45) is 2.33. The average Bonchev–Trinajstić information content (AvgIpc) is 3.47. The first-order valence-corrected chi connectivity index (χ1v) is 11.7. The Morgan fingerprint density at radius 1 is 1.15 bits per heavy atom. The number of aromatic nitrogens is 5. The fourth-order valence-electron chi connectivity index (χ4n) is 3.66. The fourth-order valence-corrected chi connectivity index (χ4v) is 4.67. The molecular formula is C23H20ClN5O3S. The molecule has 0 saturated heterocycles. The summed E-state index contributed by atoms with van der Waals surface area (Å²) in [6, 6.07) is 14.9. The number of hydrogen-bond acceptors (Lipinski definition) is 7. The fraction of sp³-hybridized carbons (Fsp3) is 0.217. The monoisotopic (exact) mass is 481 g/mol. The highest BCUT2D eigenvalue weighted by molar-refractivity contribution is 7.98. The summed E-state index contributed by atoms with van der Waals surface area (Å²) in [5.74, 6) is 1.55. The van der Waals surface area contributed by atoms with Crippen LogP contribution >= 0.6 is 23.4 Å². The van der Waals surface area contributed by atoms with Gasteiger partial charge in [-0.05, 0) is 36.8 Å². The topological polar surface area (TPSA) is 87.5 Å². The van der Waals surface area contributed by atoms with Crippen LogP contribution in [-0.2, 0) is 17.0 Å². The van der Waals surface area contributed by atoms with Gasteiger partial charge in [-0.25, -0.2) is 4.98 Å². The number of hydrogen-bond donors (Lipinski definition) is 0. The minimum Gasteiger partial charge on any atom is -0.444 e. The number of thioether (sulfide) groups is 1. The number of methoxy groups -OCH3 is 1. The standard InChI is InChI=1S/C23H20ClN5O3S/c1-31-11-5-10-28-21(30)18-8-2-3-9-19(18)29-22(28)26-27-23(29)33-14-17-13-32-20(25-17)15-6-4-7-16(24)12-15/h2-4,6-9,12-13H,5,10-11,14H2,1H3. The molecular weight excluding hydrogens is 462 g/mol. The smallest absolute Gasteiger partial charge is 0.262 e. The van der Waals surface area contributed by atoms with Crippen LogP contribution in [0.3, 0.4) is 0 Å². The second kappa shape index (κ2) is 9.38. The summed E-state index contributed by atoms with van der Waals surface area (Å²) >= 11 is 7.55. The van der Waals surface area contributed by atoms with Crippen molar-refractivity contribution >= 4 is 40.0 Å². The number of halogens is 1. The molecule has 2 aromatic carbocycles. The molecule has 5 rings (SSSR count). The van der Waals surface area contributed by atoms with Crippen LogP contribution in [0.4, 0.5) is 0 Å². The van der Waals surface area contributed by atoms with Crippen molar-refractivity contribution < 1.29 is 9.15 Å². The van der Waals surface area contributed by atoms with Crippen LogP contribution in [0.1, 0.15) is 12.1 Å². The Kier molecular flexibility index (Phi) is 6.17. The first-order valence-electron chi connectivity index (χ1n) is 10.3. The van der Waals surface area contributed by atoms with Gasteiger partial charge in [-0.15, -0.1) is 10.2 Å². The third-order valence-electron chi connectivity index (χ3n) is 5.18. The molecule has 3 heterocycles. The van der Waals surface area contributed by atoms with Crippen molar-refractivity contribution in [3.05, 3.63) is 75.9 Å². The average molecular weight is 482 g/mol. The molecule has 0 aliphatic rings. The van der Waals surface area contributed by atoms with Crippen molar-refractivity contribution in [2.45, 2.75) is 23.9 Å². The minimum absolute atomic E-state index is 0.0826. The van der Waals surface area contributed by atoms with Crippen molar-refractivity contribution in [1.82, 2.24) is 24.1 Å². The van der Waals surface area contributed by atoms with Gasteiger partial charge in [0, 0.05) is 36.6 Å². The van der Waals surface area contributed by atoms with E-state index in [4.69, 9.17) is 20.8 Å². The van der Waals surface area contributed by atoms with Crippen LogP contribution in [0, 0.1) is 0 Å². The Morgan fingerprint density at radius 3 is 2.88 bits per heavy atom. The number of rotatable bonds is 8. The van der Waals surface area contributed by atoms with Crippen molar-refractivity contribution in [3.8, 4) is 11.5 Å². The zero-order valence-corrected chi connectivity index (χ0v) is 19.3. The van der Waals surface area contributed by atoms with Crippen LogP contribution in [0.2, 0.25) is 5.02 Å². The lowest BCUT2D eigenvalue weighted by molar-refractivity contribution is 0.190. The lowest BCUT2D eigenvalue weighted by Gasteiger charge is -2.10. The minimum atomic E-state index is -0.0826. The quantitative estimate of drug-likeness (QED) is 0.235. The summed E-state index contributed by atoms with van der Waals surface area (Å²) < 4.78 is 14.4. The molecule has 5 aromatic rings. The van der Waals surface area contributed by atoms with E-state index in [1.807, 2.05) is 46.9 Å². The number of aryl methyl sites for hydroxylation is 1. The van der Waals surface area contributed by atoms with Crippen molar-refractivity contribution in [1.29, 1.82) is 0 Å². The van der Waals surface area contributed by atoms with E-state index >= 15 is 0 Å². The third-order valence-corrected chi connectivity index (χ3v) is 6.38. The molecule has 10 heteroatoms. The Morgan fingerprint density at radius 2 is 2.03 bits per heavy atom. The number of benzene rings is 2. The predicted molar refractivity (Wildman–Crippen MR) is 128 cm³/mol. The van der Waals surface area contributed by atoms with Gasteiger partial charge in [-0.3, -0.25) is 13.8 Å². The van der Waals surface area contributed by atoms with Gasteiger partial charge in [-0.2, -0.15) is 0 Å². The highest BCUT2D eigenvalue weighted by Crippen LogP contribution is 2.27. The first-order chi connectivity index (χ1) is 16.2. The summed E-state index contributed by atoms with van der Waals surface area (Å²) in [5, 5.41) is 10.6. The van der Waals surface area contributed by atoms with Gasteiger partial charge in [0.1, 0.15) is 6.26 Å². The van der Waals surface area contributed by atoms with Gasteiger partial charge in [0.25, 0.3) is 5.56 Å². The van der Waals surface area contributed by atoms with Crippen molar-refractivity contribution in [2.24, 2.45) is 0 Å². The van der Waals surface area contributed by atoms with E-state index in [9.17, 15) is 4.79 Å². The number of fused-ring (bicyclic) bond motifs is 3. The lowest BCUT2D eigenvalue weighted by Crippen LogP contribution is -2.24. The van der Waals surface area contributed by atoms with Gasteiger partial charge in [0.2, 0.25) is 11.7 Å². The zero-order chi connectivity index (χ0) is 22.8. The maximum Gasteiger partial charge on any atom is 0.262 e. The summed E-state index contributed by atoms with van der Waals surface area (Å²) in [4.78, 5) is 17.7. The Hall–Kier alpha value is -3.14. The highest BCUT2D eigenvalue weighted by atomic mass is 35.5. The van der Waals surface area contributed by atoms with Gasteiger partial charge in [0.15, 0.2) is 5.16 Å². The molecule has 0 amide bonds. The summed E-state index contributed by atoms with van der Waals surface area (Å²) in [5.41, 5.74) is 2.27. The van der Waals surface area contributed by atoms with Gasteiger partial charge in [-0.1, -0.05) is 41.6 Å². The van der Waals surface area contributed by atoms with E-state index in [2.05, 4.69) is 15.2 Å². The molecule has 168 valence electrons. The molecule has 0 aliphatic heterocycles. The third kappa shape index (κ3) is 4.27. The normalized spacial score (nSPS) is 11.6. The number of ether oxygens (including phenoxy) is 1. The van der Waals surface area contributed by atoms with Crippen LogP contribution in [0.25, 0.3) is 28.1 Å². The second-order valence-electron chi connectivity index (χ2n) is 7.38. The van der Waals surface area contributed by atoms with E-state index in [-0.39, 0.29) is 5.56 Å². The maximum atomic E-state index is 13.1. The molecule has 33 heavy (non-hydrogen) atoms. The largest absolute Gasteiger partial charge is 0.444 e. The van der Waals surface area contributed by atoms with Crippen LogP contribution in [-0.4, -0.2) is 37.9 Å². The van der Waals surface area contributed by atoms with Crippen LogP contribution in [0.5, 0.6) is 0 Å². The van der Waals surface area contributed by atoms with Crippen LogP contribution < -0.4 is 5.56 Å². The molecule has 0 atom stereocenters. The number of nitrogens with zero attached hydrogens (tertiary/aromatic N) is 5. The van der Waals surface area contributed by atoms with E-state index in [0.29, 0.717) is 52.6 Å². The number of para-hydroxylation sites is 1. The highest BCUT2D eigenvalue weighted by Gasteiger charge is 2.17. The maximum absolute atomic E-state index is 13.1. The number of oxazole rings is 1. The lowest BCUT2D eigenvalue weighted by atomic mass is 10.2. The molecule has 0 radical (unpaired) electrons. The Labute approximate surface area is 198 Å². The van der Waals surface area contributed by atoms with E-state index < -0.39 is 0 Å². The van der Waals surface area contributed by atoms with E-state index in [0.717, 1.165) is 16.8 Å². The van der Waals surface area contributed by atoms with Gasteiger partial charge < -0.3 is 9.15 Å². The molecule has 0 spiro atoms. The van der Waals surface area contributed by atoms with Gasteiger partial charge in [0.05, 0.1) is 16.6 Å². The zero-order valence-electron chi connectivity index (χ0n) is 17.8. The summed E-state index contributed by atoms with van der Waals surface area (Å²) in [7, 11) is 1.65. The summed E-state index contributed by atoms with van der Waals surface area (Å²) in [6.45, 7) is 1.05. The molecule has 0 unspecified atom stereocenters. The first kappa shape index (κ1) is 21.7. The Bertz CT molecular complexity index is 1490. The molecule has 0 fully saturated rings. The molecule has 8 nitrogen and oxygen atoms in total. The van der Waals surface area contributed by atoms with Gasteiger partial charge >= 0.3 is 0 Å². The molecule has 0 N–H and O–H groups in total. The molecule has 0 aliphatic carbocycles. The molecule has 0 saturated carbocycles.